The number of aromatic nitrogens is 1. The Labute approximate surface area is 119 Å². The average Bonchev–Trinajstić information content (AvgIpc) is 3.17. The summed E-state index contributed by atoms with van der Waals surface area (Å²) in [5, 5.41) is 10.3. The molecule has 1 unspecified atom stereocenters. The third-order valence-corrected chi connectivity index (χ3v) is 5.18. The van der Waals surface area contributed by atoms with Crippen molar-refractivity contribution in [1.82, 2.24) is 9.88 Å². The Balaban J connectivity index is 1.59. The van der Waals surface area contributed by atoms with Gasteiger partial charge in [0.15, 0.2) is 0 Å². The van der Waals surface area contributed by atoms with Crippen LogP contribution in [-0.4, -0.2) is 29.5 Å². The number of hydrogen-bond donors (Lipinski definition) is 0. The summed E-state index contributed by atoms with van der Waals surface area (Å²) >= 11 is 1.62. The van der Waals surface area contributed by atoms with E-state index >= 15 is 0 Å². The number of nitriles is 1. The van der Waals surface area contributed by atoms with E-state index in [-0.39, 0.29) is 0 Å². The second kappa shape index (κ2) is 5.60. The minimum Gasteiger partial charge on any atom is -0.303 e. The second-order valence-electron chi connectivity index (χ2n) is 6.01. The van der Waals surface area contributed by atoms with Crippen LogP contribution in [0, 0.1) is 17.2 Å². The Morgan fingerprint density at radius 2 is 2.26 bits per heavy atom. The van der Waals surface area contributed by atoms with Crippen LogP contribution in [0.15, 0.2) is 0 Å². The molecule has 0 spiro atoms. The van der Waals surface area contributed by atoms with E-state index in [9.17, 15) is 5.26 Å². The summed E-state index contributed by atoms with van der Waals surface area (Å²) in [6.07, 6.45) is 6.16. The highest BCUT2D eigenvalue weighted by Crippen LogP contribution is 2.42. The van der Waals surface area contributed by atoms with Gasteiger partial charge >= 0.3 is 0 Å². The maximum atomic E-state index is 9.17. The Kier molecular flexibility index (Phi) is 3.86. The maximum Gasteiger partial charge on any atom is 0.128 e. The largest absolute Gasteiger partial charge is 0.303 e. The fourth-order valence-electron chi connectivity index (χ4n) is 2.94. The first-order chi connectivity index (χ1) is 9.26. The first kappa shape index (κ1) is 13.1. The Hall–Kier alpha value is -0.920. The van der Waals surface area contributed by atoms with Crippen molar-refractivity contribution in [3.63, 3.8) is 0 Å². The molecule has 2 fully saturated rings. The summed E-state index contributed by atoms with van der Waals surface area (Å²) in [6, 6.07) is 2.32. The monoisotopic (exact) mass is 275 g/mol. The highest BCUT2D eigenvalue weighted by molar-refractivity contribution is 7.12. The Morgan fingerprint density at radius 3 is 2.95 bits per heavy atom. The number of nitrogens with zero attached hydrogens (tertiary/aromatic N) is 3. The fraction of sp³-hybridized carbons (Fsp3) is 0.733. The van der Waals surface area contributed by atoms with Gasteiger partial charge in [-0.25, -0.2) is 4.98 Å². The van der Waals surface area contributed by atoms with Crippen LogP contribution in [0.3, 0.4) is 0 Å². The van der Waals surface area contributed by atoms with Gasteiger partial charge < -0.3 is 4.90 Å². The summed E-state index contributed by atoms with van der Waals surface area (Å²) in [4.78, 5) is 8.14. The summed E-state index contributed by atoms with van der Waals surface area (Å²) in [7, 11) is 0. The molecule has 1 aliphatic carbocycles. The Morgan fingerprint density at radius 1 is 1.42 bits per heavy atom. The molecule has 1 aliphatic heterocycles. The molecule has 1 aromatic heterocycles. The van der Waals surface area contributed by atoms with Crippen molar-refractivity contribution in [3.8, 4) is 6.07 Å². The van der Waals surface area contributed by atoms with Crippen molar-refractivity contribution >= 4 is 11.3 Å². The van der Waals surface area contributed by atoms with Crippen molar-refractivity contribution in [2.75, 3.05) is 19.6 Å². The molecule has 2 aliphatic rings. The minimum atomic E-state index is 0.592. The molecule has 0 N–H and O–H groups in total. The molecule has 19 heavy (non-hydrogen) atoms. The van der Waals surface area contributed by atoms with E-state index < -0.39 is 0 Å². The molecule has 1 saturated carbocycles. The summed E-state index contributed by atoms with van der Waals surface area (Å²) < 4.78 is 0. The van der Waals surface area contributed by atoms with Gasteiger partial charge in [0, 0.05) is 25.4 Å². The second-order valence-corrected chi connectivity index (χ2v) is 7.09. The standard InChI is InChI=1S/C15H21N3S/c1-11-3-2-7-18(10-11)8-6-14-17-15(12-4-5-12)13(9-16)19-14/h11-12H,2-8,10H2,1H3. The molecule has 0 aromatic carbocycles. The lowest BCUT2D eigenvalue weighted by Crippen LogP contribution is -2.35. The van der Waals surface area contributed by atoms with Gasteiger partial charge in [0.1, 0.15) is 10.9 Å². The molecule has 3 nitrogen and oxygen atoms in total. The van der Waals surface area contributed by atoms with Crippen LogP contribution in [0.2, 0.25) is 0 Å². The van der Waals surface area contributed by atoms with Crippen molar-refractivity contribution in [3.05, 3.63) is 15.6 Å². The normalized spacial score (nSPS) is 24.3. The van der Waals surface area contributed by atoms with Gasteiger partial charge in [0.25, 0.3) is 0 Å². The maximum absolute atomic E-state index is 9.17. The van der Waals surface area contributed by atoms with E-state index in [1.165, 1.54) is 38.8 Å². The zero-order valence-corrected chi connectivity index (χ0v) is 12.4. The number of rotatable bonds is 4. The number of piperidine rings is 1. The van der Waals surface area contributed by atoms with E-state index in [0.717, 1.165) is 34.5 Å². The predicted molar refractivity (Wildman–Crippen MR) is 77.3 cm³/mol. The molecular formula is C15H21N3S. The highest BCUT2D eigenvalue weighted by Gasteiger charge is 2.29. The molecule has 0 amide bonds. The quantitative estimate of drug-likeness (QED) is 0.847. The van der Waals surface area contributed by atoms with Gasteiger partial charge in [-0.2, -0.15) is 5.26 Å². The van der Waals surface area contributed by atoms with Crippen LogP contribution in [0.25, 0.3) is 0 Å². The van der Waals surface area contributed by atoms with Gasteiger partial charge in [-0.3, -0.25) is 0 Å². The van der Waals surface area contributed by atoms with Gasteiger partial charge in [-0.05, 0) is 38.1 Å². The molecule has 0 radical (unpaired) electrons. The minimum absolute atomic E-state index is 0.592. The van der Waals surface area contributed by atoms with Crippen LogP contribution < -0.4 is 0 Å². The lowest BCUT2D eigenvalue weighted by Gasteiger charge is -2.30. The molecule has 3 rings (SSSR count). The summed E-state index contributed by atoms with van der Waals surface area (Å²) in [5.41, 5.74) is 1.09. The molecule has 0 bridgehead atoms. The van der Waals surface area contributed by atoms with Crippen LogP contribution in [-0.2, 0) is 6.42 Å². The zero-order chi connectivity index (χ0) is 13.2. The first-order valence-corrected chi connectivity index (χ1v) is 8.20. The van der Waals surface area contributed by atoms with Gasteiger partial charge in [-0.1, -0.05) is 6.92 Å². The summed E-state index contributed by atoms with van der Waals surface area (Å²) in [5.74, 6) is 1.43. The average molecular weight is 275 g/mol. The number of likely N-dealkylation sites (tertiary alicyclic amines) is 1. The van der Waals surface area contributed by atoms with Crippen LogP contribution >= 0.6 is 11.3 Å². The molecule has 1 saturated heterocycles. The third-order valence-electron chi connectivity index (χ3n) is 4.15. The van der Waals surface area contributed by atoms with Crippen molar-refractivity contribution in [2.45, 2.75) is 44.9 Å². The highest BCUT2D eigenvalue weighted by atomic mass is 32.1. The topological polar surface area (TPSA) is 39.9 Å². The van der Waals surface area contributed by atoms with Gasteiger partial charge in [-0.15, -0.1) is 11.3 Å². The molecule has 1 atom stereocenters. The molecule has 4 heteroatoms. The molecule has 1 aromatic rings. The van der Waals surface area contributed by atoms with Crippen molar-refractivity contribution < 1.29 is 0 Å². The molecule has 102 valence electrons. The van der Waals surface area contributed by atoms with Crippen LogP contribution in [0.5, 0.6) is 0 Å². The van der Waals surface area contributed by atoms with Crippen molar-refractivity contribution in [1.29, 1.82) is 5.26 Å². The first-order valence-electron chi connectivity index (χ1n) is 7.38. The SMILES string of the molecule is CC1CCCN(CCc2nc(C3CC3)c(C#N)s2)C1. The van der Waals surface area contributed by atoms with Crippen LogP contribution in [0.4, 0.5) is 0 Å². The predicted octanol–water partition coefficient (Wildman–Crippen LogP) is 3.17. The smallest absolute Gasteiger partial charge is 0.128 e. The van der Waals surface area contributed by atoms with E-state index in [1.54, 1.807) is 11.3 Å². The fourth-order valence-corrected chi connectivity index (χ4v) is 3.88. The third kappa shape index (κ3) is 3.16. The van der Waals surface area contributed by atoms with Gasteiger partial charge in [0.2, 0.25) is 0 Å². The lowest BCUT2D eigenvalue weighted by molar-refractivity contribution is 0.186. The lowest BCUT2D eigenvalue weighted by atomic mass is 10.0. The summed E-state index contributed by atoms with van der Waals surface area (Å²) in [6.45, 7) is 5.91. The van der Waals surface area contributed by atoms with E-state index in [0.29, 0.717) is 5.92 Å². The van der Waals surface area contributed by atoms with E-state index in [4.69, 9.17) is 4.98 Å². The van der Waals surface area contributed by atoms with E-state index in [2.05, 4.69) is 17.9 Å². The number of thiazole rings is 1. The number of hydrogen-bond acceptors (Lipinski definition) is 4. The zero-order valence-electron chi connectivity index (χ0n) is 11.6. The molecule has 2 heterocycles. The Bertz CT molecular complexity index is 484. The van der Waals surface area contributed by atoms with E-state index in [1.807, 2.05) is 0 Å². The molecular weight excluding hydrogens is 254 g/mol. The van der Waals surface area contributed by atoms with Crippen LogP contribution in [0.1, 0.15) is 54.1 Å². The van der Waals surface area contributed by atoms with Gasteiger partial charge in [0.05, 0.1) is 10.7 Å². The van der Waals surface area contributed by atoms with Crippen molar-refractivity contribution in [2.24, 2.45) is 5.92 Å².